The van der Waals surface area contributed by atoms with Crippen molar-refractivity contribution < 1.29 is 14.3 Å². The second kappa shape index (κ2) is 14.6. The van der Waals surface area contributed by atoms with Gasteiger partial charge >= 0.3 is 0 Å². The summed E-state index contributed by atoms with van der Waals surface area (Å²) in [5.41, 5.74) is 3.38. The van der Waals surface area contributed by atoms with Gasteiger partial charge in [0.2, 0.25) is 11.9 Å². The fourth-order valence-corrected chi connectivity index (χ4v) is 5.00. The average molecular weight is 585 g/mol. The largest absolute Gasteiger partial charge is 0.491 e. The van der Waals surface area contributed by atoms with Gasteiger partial charge in [-0.15, -0.1) is 0 Å². The van der Waals surface area contributed by atoms with E-state index in [1.54, 1.807) is 13.2 Å². The predicted molar refractivity (Wildman–Crippen MR) is 169 cm³/mol. The Labute approximate surface area is 252 Å². The Kier molecular flexibility index (Phi) is 10.2. The van der Waals surface area contributed by atoms with Gasteiger partial charge in [-0.1, -0.05) is 36.4 Å². The first kappa shape index (κ1) is 30.0. The van der Waals surface area contributed by atoms with E-state index in [1.807, 2.05) is 78.8 Å². The normalized spacial score (nSPS) is 15.3. The van der Waals surface area contributed by atoms with E-state index in [0.29, 0.717) is 43.6 Å². The first-order valence-electron chi connectivity index (χ1n) is 14.6. The molecule has 0 spiro atoms. The molecular formula is C32H40N8O3. The third kappa shape index (κ3) is 8.08. The highest BCUT2D eigenvalue weighted by molar-refractivity contribution is 5.88. The number of methoxy groups -OCH3 is 1. The highest BCUT2D eigenvalue weighted by Gasteiger charge is 2.26. The lowest BCUT2D eigenvalue weighted by molar-refractivity contribution is -0.127. The van der Waals surface area contributed by atoms with Gasteiger partial charge in [-0.3, -0.25) is 4.79 Å². The SMILES string of the molecule is COCCOc1ccc(Nc2nc(NCc3ccccc3)c3ncn([C@H]4CCCN(C(=O)C=CCN(C)C)C4)c3n2)cc1. The maximum Gasteiger partial charge on any atom is 0.246 e. The van der Waals surface area contributed by atoms with Crippen LogP contribution in [0.25, 0.3) is 11.2 Å². The summed E-state index contributed by atoms with van der Waals surface area (Å²) in [6.45, 7) is 3.67. The summed E-state index contributed by atoms with van der Waals surface area (Å²) in [5, 5.41) is 6.81. The maximum atomic E-state index is 12.9. The number of anilines is 3. The number of fused-ring (bicyclic) bond motifs is 1. The van der Waals surface area contributed by atoms with Gasteiger partial charge in [0.1, 0.15) is 12.4 Å². The smallest absolute Gasteiger partial charge is 0.246 e. The Balaban J connectivity index is 1.40. The molecule has 1 amide bonds. The number of piperidine rings is 1. The molecule has 3 heterocycles. The molecule has 2 N–H and O–H groups in total. The van der Waals surface area contributed by atoms with E-state index < -0.39 is 0 Å². The Bertz CT molecular complexity index is 1500. The molecule has 0 unspecified atom stereocenters. The zero-order chi connectivity index (χ0) is 30.0. The molecule has 1 aliphatic rings. The Hall–Kier alpha value is -4.48. The minimum atomic E-state index is 0.0350. The van der Waals surface area contributed by atoms with Gasteiger partial charge in [0.05, 0.1) is 19.0 Å². The molecule has 1 aliphatic heterocycles. The molecule has 2 aromatic heterocycles. The number of rotatable bonds is 13. The molecule has 11 heteroatoms. The molecule has 226 valence electrons. The highest BCUT2D eigenvalue weighted by atomic mass is 16.5. The van der Waals surface area contributed by atoms with Crippen molar-refractivity contribution in [3.8, 4) is 5.75 Å². The number of amides is 1. The zero-order valence-electron chi connectivity index (χ0n) is 25.1. The first-order valence-corrected chi connectivity index (χ1v) is 14.6. The fourth-order valence-electron chi connectivity index (χ4n) is 5.00. The van der Waals surface area contributed by atoms with Gasteiger partial charge in [-0.2, -0.15) is 9.97 Å². The quantitative estimate of drug-likeness (QED) is 0.174. The molecule has 11 nitrogen and oxygen atoms in total. The monoisotopic (exact) mass is 584 g/mol. The number of likely N-dealkylation sites (tertiary alicyclic amines) is 1. The van der Waals surface area contributed by atoms with Gasteiger partial charge in [0, 0.05) is 45.1 Å². The van der Waals surface area contributed by atoms with Gasteiger partial charge < -0.3 is 34.5 Å². The highest BCUT2D eigenvalue weighted by Crippen LogP contribution is 2.29. The molecule has 43 heavy (non-hydrogen) atoms. The standard InChI is InChI=1S/C32H40N8O3/c1-38(2)17-8-12-28(41)39-18-7-11-26(22-39)40-23-34-29-30(33-21-24-9-5-4-6-10-24)36-32(37-31(29)40)35-25-13-15-27(16-14-25)43-20-19-42-3/h4-6,8-10,12-16,23,26H,7,11,17-22H2,1-3H3,(H2,33,35,36,37)/t26-/m0/s1. The number of carbonyl (C=O) groups is 1. The van der Waals surface area contributed by atoms with E-state index in [0.717, 1.165) is 48.6 Å². The number of carbonyl (C=O) groups excluding carboxylic acids is 1. The third-order valence-electron chi connectivity index (χ3n) is 7.22. The van der Waals surface area contributed by atoms with Crippen LogP contribution >= 0.6 is 0 Å². The van der Waals surface area contributed by atoms with Crippen molar-refractivity contribution in [2.75, 3.05) is 64.7 Å². The predicted octanol–water partition coefficient (Wildman–Crippen LogP) is 4.49. The summed E-state index contributed by atoms with van der Waals surface area (Å²) in [5.74, 6) is 1.89. The number of nitrogens with one attached hydrogen (secondary N) is 2. The number of ether oxygens (including phenoxy) is 2. The molecule has 1 fully saturated rings. The van der Waals surface area contributed by atoms with Crippen LogP contribution in [0.1, 0.15) is 24.4 Å². The second-order valence-corrected chi connectivity index (χ2v) is 10.8. The van der Waals surface area contributed by atoms with Crippen LogP contribution in [0.4, 0.5) is 17.5 Å². The molecule has 0 radical (unpaired) electrons. The molecule has 2 aromatic carbocycles. The molecule has 0 aliphatic carbocycles. The van der Waals surface area contributed by atoms with Crippen molar-refractivity contribution in [2.45, 2.75) is 25.4 Å². The molecular weight excluding hydrogens is 544 g/mol. The summed E-state index contributed by atoms with van der Waals surface area (Å²) in [7, 11) is 5.62. The van der Waals surface area contributed by atoms with E-state index in [-0.39, 0.29) is 11.9 Å². The van der Waals surface area contributed by atoms with Gasteiger partial charge in [0.25, 0.3) is 0 Å². The van der Waals surface area contributed by atoms with Crippen LogP contribution in [0.5, 0.6) is 5.75 Å². The van der Waals surface area contributed by atoms with Crippen molar-refractivity contribution >= 4 is 34.5 Å². The minimum absolute atomic E-state index is 0.0350. The summed E-state index contributed by atoms with van der Waals surface area (Å²) >= 11 is 0. The Morgan fingerprint density at radius 3 is 2.67 bits per heavy atom. The molecule has 0 saturated carbocycles. The summed E-state index contributed by atoms with van der Waals surface area (Å²) < 4.78 is 12.8. The number of imidazole rings is 1. The van der Waals surface area contributed by atoms with E-state index in [2.05, 4.69) is 27.3 Å². The number of hydrogen-bond acceptors (Lipinski definition) is 9. The topological polar surface area (TPSA) is 110 Å². The lowest BCUT2D eigenvalue weighted by Crippen LogP contribution is -2.39. The van der Waals surface area contributed by atoms with E-state index in [1.165, 1.54) is 0 Å². The van der Waals surface area contributed by atoms with Crippen molar-refractivity contribution in [3.05, 3.63) is 78.6 Å². The first-order chi connectivity index (χ1) is 21.0. The lowest BCUT2D eigenvalue weighted by atomic mass is 10.1. The van der Waals surface area contributed by atoms with Gasteiger partial charge in [0.15, 0.2) is 17.0 Å². The van der Waals surface area contributed by atoms with Crippen molar-refractivity contribution in [2.24, 2.45) is 0 Å². The van der Waals surface area contributed by atoms with Crippen molar-refractivity contribution in [1.29, 1.82) is 0 Å². The van der Waals surface area contributed by atoms with Crippen molar-refractivity contribution in [3.63, 3.8) is 0 Å². The lowest BCUT2D eigenvalue weighted by Gasteiger charge is -2.33. The number of nitrogens with zero attached hydrogens (tertiary/aromatic N) is 6. The molecule has 1 saturated heterocycles. The Morgan fingerprint density at radius 2 is 1.91 bits per heavy atom. The summed E-state index contributed by atoms with van der Waals surface area (Å²) in [4.78, 5) is 31.3. The van der Waals surface area contributed by atoms with Crippen molar-refractivity contribution in [1.82, 2.24) is 29.3 Å². The minimum Gasteiger partial charge on any atom is -0.491 e. The van der Waals surface area contributed by atoms with Gasteiger partial charge in [-0.25, -0.2) is 4.98 Å². The van der Waals surface area contributed by atoms with Crippen LogP contribution in [0.3, 0.4) is 0 Å². The fraction of sp³-hybridized carbons (Fsp3) is 0.375. The number of likely N-dealkylation sites (N-methyl/N-ethyl adjacent to an activating group) is 1. The van der Waals surface area contributed by atoms with Crippen LogP contribution < -0.4 is 15.4 Å². The van der Waals surface area contributed by atoms with Crippen LogP contribution in [-0.2, 0) is 16.1 Å². The maximum absolute atomic E-state index is 12.9. The zero-order valence-corrected chi connectivity index (χ0v) is 25.1. The third-order valence-corrected chi connectivity index (χ3v) is 7.22. The molecule has 1 atom stereocenters. The summed E-state index contributed by atoms with van der Waals surface area (Å²) in [6.07, 6.45) is 7.25. The van der Waals surface area contributed by atoms with Crippen LogP contribution in [0.2, 0.25) is 0 Å². The second-order valence-electron chi connectivity index (χ2n) is 10.8. The Morgan fingerprint density at radius 1 is 1.09 bits per heavy atom. The number of aromatic nitrogens is 4. The molecule has 5 rings (SSSR count). The van der Waals surface area contributed by atoms with Gasteiger partial charge in [-0.05, 0) is 56.8 Å². The van der Waals surface area contributed by atoms with E-state index in [9.17, 15) is 4.79 Å². The van der Waals surface area contributed by atoms with Crippen LogP contribution in [0, 0.1) is 0 Å². The van der Waals surface area contributed by atoms with E-state index >= 15 is 0 Å². The molecule has 4 aromatic rings. The summed E-state index contributed by atoms with van der Waals surface area (Å²) in [6, 6.07) is 17.9. The van der Waals surface area contributed by atoms with E-state index in [4.69, 9.17) is 24.4 Å². The number of benzene rings is 2. The average Bonchev–Trinajstić information content (AvgIpc) is 3.45. The van der Waals surface area contributed by atoms with Crippen LogP contribution in [-0.4, -0.2) is 89.3 Å². The molecule has 0 bridgehead atoms. The number of hydrogen-bond donors (Lipinski definition) is 2. The van der Waals surface area contributed by atoms with Crippen LogP contribution in [0.15, 0.2) is 73.1 Å².